The third-order valence-corrected chi connectivity index (χ3v) is 5.44. The number of carbonyl (C=O) groups excluding carboxylic acids is 1. The number of likely N-dealkylation sites (N-methyl/N-ethyl adjacent to an activating group) is 1. The van der Waals surface area contributed by atoms with Crippen LogP contribution < -0.4 is 15.5 Å². The predicted molar refractivity (Wildman–Crippen MR) is 116 cm³/mol. The van der Waals surface area contributed by atoms with Crippen molar-refractivity contribution in [1.82, 2.24) is 10.2 Å². The van der Waals surface area contributed by atoms with Gasteiger partial charge >= 0.3 is 0 Å². The van der Waals surface area contributed by atoms with Crippen LogP contribution in [-0.2, 0) is 0 Å². The molecule has 27 heavy (non-hydrogen) atoms. The largest absolute Gasteiger partial charge is 0.369 e. The highest BCUT2D eigenvalue weighted by Crippen LogP contribution is 2.25. The molecule has 5 nitrogen and oxygen atoms in total. The topological polar surface area (TPSA) is 47.6 Å². The molecule has 2 N–H and O–H groups in total. The minimum absolute atomic E-state index is 0.198. The van der Waals surface area contributed by atoms with Gasteiger partial charge < -0.3 is 15.1 Å². The van der Waals surface area contributed by atoms with Crippen molar-refractivity contribution in [2.24, 2.45) is 0 Å². The molecule has 0 spiro atoms. The molecule has 0 bridgehead atoms. The number of rotatable bonds is 3. The summed E-state index contributed by atoms with van der Waals surface area (Å²) >= 11 is 17.2. The molecule has 1 aliphatic rings. The van der Waals surface area contributed by atoms with E-state index in [1.165, 1.54) is 5.69 Å². The van der Waals surface area contributed by atoms with Crippen LogP contribution in [-0.4, -0.2) is 49.1 Å². The van der Waals surface area contributed by atoms with Gasteiger partial charge in [-0.2, -0.15) is 0 Å². The van der Waals surface area contributed by atoms with Gasteiger partial charge in [-0.1, -0.05) is 29.3 Å². The molecule has 142 valence electrons. The van der Waals surface area contributed by atoms with Gasteiger partial charge in [0, 0.05) is 37.6 Å². The van der Waals surface area contributed by atoms with Crippen molar-refractivity contribution in [3.63, 3.8) is 0 Å². The van der Waals surface area contributed by atoms with E-state index in [2.05, 4.69) is 27.5 Å². The summed E-state index contributed by atoms with van der Waals surface area (Å²) < 4.78 is 0. The van der Waals surface area contributed by atoms with Crippen LogP contribution in [0, 0.1) is 0 Å². The lowest BCUT2D eigenvalue weighted by atomic mass is 10.2. The molecule has 1 saturated heterocycles. The van der Waals surface area contributed by atoms with Gasteiger partial charge in [-0.15, -0.1) is 0 Å². The fourth-order valence-corrected chi connectivity index (χ4v) is 3.43. The molecule has 2 aromatic carbocycles. The van der Waals surface area contributed by atoms with Crippen molar-refractivity contribution in [2.75, 3.05) is 43.4 Å². The summed E-state index contributed by atoms with van der Waals surface area (Å²) in [6, 6.07) is 12.9. The molecule has 0 unspecified atom stereocenters. The molecular weight excluding hydrogens is 403 g/mol. The first-order chi connectivity index (χ1) is 12.9. The van der Waals surface area contributed by atoms with Gasteiger partial charge in [-0.05, 0) is 55.7 Å². The predicted octanol–water partition coefficient (Wildman–Crippen LogP) is 3.87. The van der Waals surface area contributed by atoms with Gasteiger partial charge in [0.15, 0.2) is 5.11 Å². The van der Waals surface area contributed by atoms with Crippen molar-refractivity contribution in [3.8, 4) is 0 Å². The Bertz CT molecular complexity index is 836. The molecule has 1 fully saturated rings. The summed E-state index contributed by atoms with van der Waals surface area (Å²) in [5.74, 6) is -0.408. The first-order valence-corrected chi connectivity index (χ1v) is 9.70. The van der Waals surface area contributed by atoms with Crippen molar-refractivity contribution in [3.05, 3.63) is 58.1 Å². The molecule has 2 aromatic rings. The molecular formula is C19H20Cl2N4OS. The van der Waals surface area contributed by atoms with Crippen molar-refractivity contribution >= 4 is 57.8 Å². The fourth-order valence-electron chi connectivity index (χ4n) is 2.83. The number of hydrogen-bond donors (Lipinski definition) is 2. The second kappa shape index (κ2) is 8.89. The summed E-state index contributed by atoms with van der Waals surface area (Å²) in [5.41, 5.74) is 2.25. The summed E-state index contributed by atoms with van der Waals surface area (Å²) in [6.45, 7) is 4.14. The third-order valence-electron chi connectivity index (χ3n) is 4.42. The molecule has 0 aliphatic carbocycles. The lowest BCUT2D eigenvalue weighted by molar-refractivity contribution is 0.0978. The maximum absolute atomic E-state index is 12.3. The Kier molecular flexibility index (Phi) is 6.55. The Morgan fingerprint density at radius 3 is 2.37 bits per heavy atom. The quantitative estimate of drug-likeness (QED) is 0.735. The van der Waals surface area contributed by atoms with Crippen LogP contribution in [0.4, 0.5) is 11.4 Å². The first kappa shape index (κ1) is 19.9. The van der Waals surface area contributed by atoms with Gasteiger partial charge in [0.1, 0.15) is 0 Å². The van der Waals surface area contributed by atoms with Gasteiger partial charge in [-0.3, -0.25) is 10.1 Å². The average molecular weight is 423 g/mol. The van der Waals surface area contributed by atoms with E-state index < -0.39 is 5.91 Å². The van der Waals surface area contributed by atoms with Crippen LogP contribution in [0.5, 0.6) is 0 Å². The van der Waals surface area contributed by atoms with E-state index in [-0.39, 0.29) is 15.7 Å². The number of hydrogen-bond acceptors (Lipinski definition) is 4. The maximum Gasteiger partial charge on any atom is 0.258 e. The standard InChI is InChI=1S/C19H20Cl2N4OS/c1-24-9-11-25(12-10-24)14-7-5-13(6-8-14)22-19(27)23-18(26)15-3-2-4-16(20)17(15)21/h2-8H,9-12H2,1H3,(H2,22,23,26,27). The number of carbonyl (C=O) groups is 1. The Hall–Kier alpha value is -1.86. The lowest BCUT2D eigenvalue weighted by Crippen LogP contribution is -2.44. The van der Waals surface area contributed by atoms with Gasteiger partial charge in [0.2, 0.25) is 0 Å². The number of halogens is 2. The monoisotopic (exact) mass is 422 g/mol. The number of benzene rings is 2. The molecule has 0 aromatic heterocycles. The lowest BCUT2D eigenvalue weighted by Gasteiger charge is -2.34. The third kappa shape index (κ3) is 5.11. The van der Waals surface area contributed by atoms with E-state index in [1.807, 2.05) is 24.3 Å². The summed E-state index contributed by atoms with van der Waals surface area (Å²) in [4.78, 5) is 17.0. The fraction of sp³-hybridized carbons (Fsp3) is 0.263. The molecule has 3 rings (SSSR count). The van der Waals surface area contributed by atoms with E-state index >= 15 is 0 Å². The summed E-state index contributed by atoms with van der Waals surface area (Å²) in [6.07, 6.45) is 0. The number of anilines is 2. The number of nitrogens with zero attached hydrogens (tertiary/aromatic N) is 2. The van der Waals surface area contributed by atoms with E-state index in [1.54, 1.807) is 18.2 Å². The SMILES string of the molecule is CN1CCN(c2ccc(NC(=S)NC(=O)c3cccc(Cl)c3Cl)cc2)CC1. The Labute approximate surface area is 174 Å². The van der Waals surface area contributed by atoms with E-state index in [9.17, 15) is 4.79 Å². The van der Waals surface area contributed by atoms with Crippen LogP contribution in [0.2, 0.25) is 10.0 Å². The second-order valence-electron chi connectivity index (χ2n) is 6.35. The highest BCUT2D eigenvalue weighted by molar-refractivity contribution is 7.80. The normalized spacial score (nSPS) is 14.7. The maximum atomic E-state index is 12.3. The Balaban J connectivity index is 1.58. The van der Waals surface area contributed by atoms with E-state index in [4.69, 9.17) is 35.4 Å². The average Bonchev–Trinajstić information content (AvgIpc) is 2.65. The number of piperazine rings is 1. The van der Waals surface area contributed by atoms with Gasteiger partial charge in [0.25, 0.3) is 5.91 Å². The molecule has 0 atom stereocenters. The zero-order valence-electron chi connectivity index (χ0n) is 14.8. The molecule has 1 amide bonds. The second-order valence-corrected chi connectivity index (χ2v) is 7.54. The van der Waals surface area contributed by atoms with Crippen LogP contribution in [0.1, 0.15) is 10.4 Å². The smallest absolute Gasteiger partial charge is 0.258 e. The van der Waals surface area contributed by atoms with Crippen LogP contribution in [0.15, 0.2) is 42.5 Å². The minimum Gasteiger partial charge on any atom is -0.369 e. The number of amides is 1. The van der Waals surface area contributed by atoms with Crippen molar-refractivity contribution < 1.29 is 4.79 Å². The summed E-state index contributed by atoms with van der Waals surface area (Å²) in [7, 11) is 2.14. The molecule has 1 aliphatic heterocycles. The van der Waals surface area contributed by atoms with Crippen LogP contribution >= 0.6 is 35.4 Å². The number of nitrogens with one attached hydrogen (secondary N) is 2. The van der Waals surface area contributed by atoms with Crippen molar-refractivity contribution in [2.45, 2.75) is 0 Å². The molecule has 1 heterocycles. The number of thiocarbonyl (C=S) groups is 1. The zero-order valence-corrected chi connectivity index (χ0v) is 17.2. The van der Waals surface area contributed by atoms with E-state index in [0.29, 0.717) is 5.02 Å². The van der Waals surface area contributed by atoms with E-state index in [0.717, 1.165) is 31.9 Å². The van der Waals surface area contributed by atoms with Crippen LogP contribution in [0.25, 0.3) is 0 Å². The molecule has 0 saturated carbocycles. The highest BCUT2D eigenvalue weighted by Gasteiger charge is 2.15. The summed E-state index contributed by atoms with van der Waals surface area (Å²) in [5, 5.41) is 6.35. The molecule has 0 radical (unpaired) electrons. The first-order valence-electron chi connectivity index (χ1n) is 8.54. The van der Waals surface area contributed by atoms with Crippen LogP contribution in [0.3, 0.4) is 0 Å². The Morgan fingerprint density at radius 1 is 1.04 bits per heavy atom. The Morgan fingerprint density at radius 2 is 1.70 bits per heavy atom. The zero-order chi connectivity index (χ0) is 19.4. The minimum atomic E-state index is -0.408. The molecule has 8 heteroatoms. The highest BCUT2D eigenvalue weighted by atomic mass is 35.5. The van der Waals surface area contributed by atoms with Gasteiger partial charge in [-0.25, -0.2) is 0 Å². The van der Waals surface area contributed by atoms with Gasteiger partial charge in [0.05, 0.1) is 15.6 Å². The van der Waals surface area contributed by atoms with Crippen molar-refractivity contribution in [1.29, 1.82) is 0 Å².